The first kappa shape index (κ1) is 24.9. The molecule has 1 aliphatic rings. The van der Waals surface area contributed by atoms with Crippen molar-refractivity contribution >= 4 is 28.9 Å². The zero-order valence-corrected chi connectivity index (χ0v) is 20.0. The Morgan fingerprint density at radius 2 is 1.83 bits per heavy atom. The first-order chi connectivity index (χ1) is 17.6. The van der Waals surface area contributed by atoms with Gasteiger partial charge in [0.1, 0.15) is 11.3 Å². The van der Waals surface area contributed by atoms with E-state index in [1.807, 2.05) is 31.2 Å². The van der Waals surface area contributed by atoms with E-state index >= 15 is 0 Å². The second-order valence-corrected chi connectivity index (χ2v) is 7.83. The molecule has 0 atom stereocenters. The predicted octanol–water partition coefficient (Wildman–Crippen LogP) is 2.40. The van der Waals surface area contributed by atoms with E-state index in [4.69, 9.17) is 18.9 Å². The Hall–Kier alpha value is -4.18. The maximum absolute atomic E-state index is 12.4. The number of morpholine rings is 1. The fraction of sp³-hybridized carbons (Fsp3) is 0.308. The molecule has 2 amide bonds. The van der Waals surface area contributed by atoms with Crippen molar-refractivity contribution in [2.75, 3.05) is 46.1 Å². The van der Waals surface area contributed by atoms with Crippen LogP contribution in [0, 0.1) is 0 Å². The summed E-state index contributed by atoms with van der Waals surface area (Å²) >= 11 is 0. The molecular weight excluding hydrogens is 464 g/mol. The molecule has 188 valence electrons. The van der Waals surface area contributed by atoms with Gasteiger partial charge in [0.2, 0.25) is 0 Å². The molecule has 1 aromatic heterocycles. The number of benzene rings is 2. The van der Waals surface area contributed by atoms with Crippen LogP contribution in [0.4, 0.5) is 0 Å². The molecule has 0 aliphatic carbocycles. The zero-order valence-electron chi connectivity index (χ0n) is 20.0. The van der Waals surface area contributed by atoms with Gasteiger partial charge in [-0.1, -0.05) is 18.2 Å². The minimum absolute atomic E-state index is 0.0875. The van der Waals surface area contributed by atoms with E-state index in [1.165, 1.54) is 6.21 Å². The van der Waals surface area contributed by atoms with Crippen LogP contribution in [0.3, 0.4) is 0 Å². The minimum Gasteiger partial charge on any atom is -0.490 e. The highest BCUT2D eigenvalue weighted by Crippen LogP contribution is 2.28. The highest BCUT2D eigenvalue weighted by atomic mass is 16.5. The molecule has 0 radical (unpaired) electrons. The van der Waals surface area contributed by atoms with E-state index in [2.05, 4.69) is 15.5 Å². The summed E-state index contributed by atoms with van der Waals surface area (Å²) in [6, 6.07) is 14.5. The van der Waals surface area contributed by atoms with Crippen molar-refractivity contribution in [2.24, 2.45) is 5.10 Å². The van der Waals surface area contributed by atoms with Crippen molar-refractivity contribution in [3.63, 3.8) is 0 Å². The fourth-order valence-electron chi connectivity index (χ4n) is 3.58. The van der Waals surface area contributed by atoms with Gasteiger partial charge in [-0.3, -0.25) is 14.6 Å². The van der Waals surface area contributed by atoms with Gasteiger partial charge < -0.3 is 23.8 Å². The maximum Gasteiger partial charge on any atom is 0.277 e. The van der Waals surface area contributed by atoms with E-state index in [0.717, 1.165) is 5.39 Å². The molecule has 0 saturated carbocycles. The van der Waals surface area contributed by atoms with Gasteiger partial charge in [-0.25, -0.2) is 5.43 Å². The largest absolute Gasteiger partial charge is 0.490 e. The fourth-order valence-corrected chi connectivity index (χ4v) is 3.58. The van der Waals surface area contributed by atoms with Crippen molar-refractivity contribution in [3.05, 3.63) is 60.3 Å². The number of rotatable bonds is 10. The highest BCUT2D eigenvalue weighted by molar-refractivity contribution is 5.86. The number of nitrogens with zero attached hydrogens (tertiary/aromatic N) is 3. The molecule has 1 aliphatic heterocycles. The van der Waals surface area contributed by atoms with Crippen LogP contribution in [-0.2, 0) is 14.3 Å². The van der Waals surface area contributed by atoms with E-state index in [-0.39, 0.29) is 19.1 Å². The maximum atomic E-state index is 12.4. The van der Waals surface area contributed by atoms with Crippen LogP contribution >= 0.6 is 0 Å². The summed E-state index contributed by atoms with van der Waals surface area (Å²) in [6.45, 7) is 4.18. The number of pyridine rings is 1. The summed E-state index contributed by atoms with van der Waals surface area (Å²) in [5.41, 5.74) is 3.82. The standard InChI is InChI=1S/C26H28N4O6/c1-2-34-23-15-19(8-9-21(23)36-18-25(32)30-11-13-33-14-12-30)16-28-29-24(31)17-35-22-7-3-5-20-6-4-10-27-26(20)22/h3-10,15-16H,2,11-14,17-18H2,1H3,(H,29,31)/b28-16-. The minimum atomic E-state index is -0.411. The number of amides is 2. The summed E-state index contributed by atoms with van der Waals surface area (Å²) in [5.74, 6) is 0.948. The monoisotopic (exact) mass is 492 g/mol. The Morgan fingerprint density at radius 1 is 1.03 bits per heavy atom. The van der Waals surface area contributed by atoms with Crippen molar-refractivity contribution in [1.29, 1.82) is 0 Å². The first-order valence-electron chi connectivity index (χ1n) is 11.7. The van der Waals surface area contributed by atoms with E-state index in [1.54, 1.807) is 35.4 Å². The number of ether oxygens (including phenoxy) is 4. The molecule has 0 unspecified atom stereocenters. The van der Waals surface area contributed by atoms with Gasteiger partial charge >= 0.3 is 0 Å². The van der Waals surface area contributed by atoms with Gasteiger partial charge in [-0.05, 0) is 42.8 Å². The van der Waals surface area contributed by atoms with Gasteiger partial charge in [-0.2, -0.15) is 5.10 Å². The van der Waals surface area contributed by atoms with Crippen LogP contribution in [0.15, 0.2) is 59.8 Å². The lowest BCUT2D eigenvalue weighted by Crippen LogP contribution is -2.43. The van der Waals surface area contributed by atoms with Crippen LogP contribution in [0.25, 0.3) is 10.9 Å². The van der Waals surface area contributed by atoms with E-state index < -0.39 is 5.91 Å². The summed E-state index contributed by atoms with van der Waals surface area (Å²) in [6.07, 6.45) is 3.16. The molecule has 4 rings (SSSR count). The van der Waals surface area contributed by atoms with Gasteiger partial charge in [0.05, 0.1) is 26.0 Å². The molecule has 2 heterocycles. The first-order valence-corrected chi connectivity index (χ1v) is 11.7. The molecule has 0 bridgehead atoms. The molecule has 2 aromatic carbocycles. The molecule has 36 heavy (non-hydrogen) atoms. The predicted molar refractivity (Wildman–Crippen MR) is 133 cm³/mol. The summed E-state index contributed by atoms with van der Waals surface area (Å²) in [7, 11) is 0. The van der Waals surface area contributed by atoms with Gasteiger partial charge in [-0.15, -0.1) is 0 Å². The Morgan fingerprint density at radius 3 is 2.67 bits per heavy atom. The van der Waals surface area contributed by atoms with Gasteiger partial charge in [0, 0.05) is 24.7 Å². The molecule has 3 aromatic rings. The number of hydrogen-bond acceptors (Lipinski definition) is 8. The number of nitrogens with one attached hydrogen (secondary N) is 1. The number of hydrazone groups is 1. The second-order valence-electron chi connectivity index (χ2n) is 7.83. The third-order valence-corrected chi connectivity index (χ3v) is 5.34. The summed E-state index contributed by atoms with van der Waals surface area (Å²) < 4.78 is 22.3. The van der Waals surface area contributed by atoms with Crippen molar-refractivity contribution in [2.45, 2.75) is 6.92 Å². The van der Waals surface area contributed by atoms with Crippen LogP contribution in [0.1, 0.15) is 12.5 Å². The molecule has 1 N–H and O–H groups in total. The lowest BCUT2D eigenvalue weighted by atomic mass is 10.2. The van der Waals surface area contributed by atoms with Gasteiger partial charge in [0.25, 0.3) is 11.8 Å². The molecule has 1 fully saturated rings. The SMILES string of the molecule is CCOc1cc(/C=N\NC(=O)COc2cccc3cccnc23)ccc1OCC(=O)N1CCOCC1. The topological polar surface area (TPSA) is 112 Å². The third kappa shape index (κ3) is 6.70. The Kier molecular flexibility index (Phi) is 8.66. The van der Waals surface area contributed by atoms with Crippen LogP contribution in [0.5, 0.6) is 17.2 Å². The van der Waals surface area contributed by atoms with Crippen LogP contribution < -0.4 is 19.6 Å². The lowest BCUT2D eigenvalue weighted by molar-refractivity contribution is -0.137. The zero-order chi connectivity index (χ0) is 25.2. The molecule has 10 nitrogen and oxygen atoms in total. The van der Waals surface area contributed by atoms with Crippen molar-refractivity contribution in [3.8, 4) is 17.2 Å². The quantitative estimate of drug-likeness (QED) is 0.342. The smallest absolute Gasteiger partial charge is 0.277 e. The number of carbonyl (C=O) groups is 2. The number of para-hydroxylation sites is 1. The molecule has 1 saturated heterocycles. The summed E-state index contributed by atoms with van der Waals surface area (Å²) in [4.78, 5) is 30.6. The Labute approximate surface area is 208 Å². The highest BCUT2D eigenvalue weighted by Gasteiger charge is 2.18. The van der Waals surface area contributed by atoms with E-state index in [0.29, 0.717) is 61.2 Å². The average molecular weight is 493 g/mol. The molecule has 10 heteroatoms. The second kappa shape index (κ2) is 12.5. The van der Waals surface area contributed by atoms with Crippen LogP contribution in [0.2, 0.25) is 0 Å². The number of hydrogen-bond donors (Lipinski definition) is 1. The van der Waals surface area contributed by atoms with Crippen molar-refractivity contribution < 1.29 is 28.5 Å². The van der Waals surface area contributed by atoms with Gasteiger partial charge in [0.15, 0.2) is 24.7 Å². The number of carbonyl (C=O) groups excluding carboxylic acids is 2. The average Bonchev–Trinajstić information content (AvgIpc) is 2.92. The third-order valence-electron chi connectivity index (χ3n) is 5.34. The Bertz CT molecular complexity index is 1220. The van der Waals surface area contributed by atoms with E-state index in [9.17, 15) is 9.59 Å². The van der Waals surface area contributed by atoms with Crippen LogP contribution in [-0.4, -0.2) is 74.0 Å². The van der Waals surface area contributed by atoms with Crippen molar-refractivity contribution in [1.82, 2.24) is 15.3 Å². The summed E-state index contributed by atoms with van der Waals surface area (Å²) in [5, 5.41) is 4.92. The molecular formula is C26H28N4O6. The lowest BCUT2D eigenvalue weighted by Gasteiger charge is -2.26. The molecule has 0 spiro atoms. The Balaban J connectivity index is 1.30. The number of fused-ring (bicyclic) bond motifs is 1. The number of aromatic nitrogens is 1. The normalized spacial score (nSPS) is 13.5.